The van der Waals surface area contributed by atoms with Gasteiger partial charge in [-0.3, -0.25) is 9.69 Å². The van der Waals surface area contributed by atoms with E-state index in [-0.39, 0.29) is 5.91 Å². The second kappa shape index (κ2) is 8.29. The summed E-state index contributed by atoms with van der Waals surface area (Å²) >= 11 is 0. The van der Waals surface area contributed by atoms with Crippen LogP contribution in [0.4, 0.5) is 0 Å². The molecule has 0 saturated carbocycles. The van der Waals surface area contributed by atoms with Crippen molar-refractivity contribution in [2.75, 3.05) is 26.2 Å². The van der Waals surface area contributed by atoms with Crippen LogP contribution in [0, 0.1) is 18.3 Å². The Balaban J connectivity index is 1.33. The van der Waals surface area contributed by atoms with Gasteiger partial charge in [-0.25, -0.2) is 4.68 Å². The van der Waals surface area contributed by atoms with Gasteiger partial charge >= 0.3 is 0 Å². The molecule has 1 saturated heterocycles. The Kier molecular flexibility index (Phi) is 5.41. The summed E-state index contributed by atoms with van der Waals surface area (Å²) in [6.45, 7) is 5.96. The first-order chi connectivity index (χ1) is 14.1. The fraction of sp³-hybridized carbons (Fsp3) is 0.261. The Morgan fingerprint density at radius 1 is 1.03 bits per heavy atom. The highest BCUT2D eigenvalue weighted by atomic mass is 16.2. The van der Waals surface area contributed by atoms with Crippen LogP contribution < -0.4 is 0 Å². The lowest BCUT2D eigenvalue weighted by Gasteiger charge is -2.34. The molecule has 146 valence electrons. The molecule has 0 N–H and O–H groups in total. The number of nitriles is 1. The Morgan fingerprint density at radius 2 is 1.72 bits per heavy atom. The lowest BCUT2D eigenvalue weighted by molar-refractivity contribution is 0.0628. The van der Waals surface area contributed by atoms with Gasteiger partial charge in [0.05, 0.1) is 23.5 Å². The molecular weight excluding hydrogens is 362 g/mol. The van der Waals surface area contributed by atoms with Crippen LogP contribution in [0.3, 0.4) is 0 Å². The van der Waals surface area contributed by atoms with Gasteiger partial charge in [-0.05, 0) is 54.4 Å². The molecule has 0 aliphatic carbocycles. The maximum absolute atomic E-state index is 12.8. The average Bonchev–Trinajstić information content (AvgIpc) is 3.21. The van der Waals surface area contributed by atoms with Crippen molar-refractivity contribution in [3.8, 4) is 11.8 Å². The summed E-state index contributed by atoms with van der Waals surface area (Å²) in [4.78, 5) is 17.1. The van der Waals surface area contributed by atoms with Crippen molar-refractivity contribution in [3.05, 3.63) is 83.2 Å². The number of carbonyl (C=O) groups excluding carboxylic acids is 1. The summed E-state index contributed by atoms with van der Waals surface area (Å²) in [7, 11) is 0. The van der Waals surface area contributed by atoms with Gasteiger partial charge in [0.2, 0.25) is 0 Å². The summed E-state index contributed by atoms with van der Waals surface area (Å²) in [5.74, 6) is 0.0752. The van der Waals surface area contributed by atoms with Crippen LogP contribution in [0.1, 0.15) is 27.0 Å². The average molecular weight is 385 g/mol. The molecule has 1 aliphatic heterocycles. The standard InChI is InChI=1S/C23H23N5O/c1-18-15-25-28(16-18)22-8-6-21(7-9-22)23(29)27-12-10-26(11-13-27)17-20-4-2-19(14-24)3-5-20/h2-9,15-16H,10-13,17H2,1H3. The molecule has 1 amide bonds. The molecule has 29 heavy (non-hydrogen) atoms. The topological polar surface area (TPSA) is 65.2 Å². The minimum atomic E-state index is 0.0752. The van der Waals surface area contributed by atoms with E-state index in [1.807, 2.05) is 77.4 Å². The number of hydrogen-bond acceptors (Lipinski definition) is 4. The zero-order valence-corrected chi connectivity index (χ0v) is 16.5. The van der Waals surface area contributed by atoms with Gasteiger partial charge in [0.1, 0.15) is 0 Å². The lowest BCUT2D eigenvalue weighted by atomic mass is 10.1. The third-order valence-electron chi connectivity index (χ3n) is 5.24. The van der Waals surface area contributed by atoms with E-state index in [2.05, 4.69) is 16.1 Å². The summed E-state index contributed by atoms with van der Waals surface area (Å²) in [5, 5.41) is 13.2. The smallest absolute Gasteiger partial charge is 0.253 e. The van der Waals surface area contributed by atoms with Crippen LogP contribution in [0.5, 0.6) is 0 Å². The molecule has 2 aromatic carbocycles. The van der Waals surface area contributed by atoms with Crippen molar-refractivity contribution >= 4 is 5.91 Å². The molecule has 1 aliphatic rings. The quantitative estimate of drug-likeness (QED) is 0.693. The summed E-state index contributed by atoms with van der Waals surface area (Å²) in [6, 6.07) is 17.4. The highest BCUT2D eigenvalue weighted by molar-refractivity contribution is 5.94. The van der Waals surface area contributed by atoms with E-state index in [1.54, 1.807) is 0 Å². The monoisotopic (exact) mass is 385 g/mol. The fourth-order valence-corrected chi connectivity index (χ4v) is 3.55. The largest absolute Gasteiger partial charge is 0.336 e. The van der Waals surface area contributed by atoms with Gasteiger partial charge in [-0.1, -0.05) is 12.1 Å². The number of rotatable bonds is 4. The van der Waals surface area contributed by atoms with Crippen LogP contribution in [-0.2, 0) is 6.54 Å². The third kappa shape index (κ3) is 4.36. The van der Waals surface area contributed by atoms with E-state index in [4.69, 9.17) is 5.26 Å². The van der Waals surface area contributed by atoms with Crippen LogP contribution in [0.25, 0.3) is 5.69 Å². The zero-order valence-electron chi connectivity index (χ0n) is 16.5. The zero-order chi connectivity index (χ0) is 20.2. The molecule has 0 bridgehead atoms. The number of carbonyl (C=O) groups is 1. The van der Waals surface area contributed by atoms with E-state index < -0.39 is 0 Å². The van der Waals surface area contributed by atoms with Crippen molar-refractivity contribution in [1.29, 1.82) is 5.26 Å². The first kappa shape index (κ1) is 18.9. The van der Waals surface area contributed by atoms with Gasteiger partial charge in [-0.15, -0.1) is 0 Å². The Morgan fingerprint density at radius 3 is 2.31 bits per heavy atom. The molecule has 3 aromatic rings. The predicted molar refractivity (Wildman–Crippen MR) is 111 cm³/mol. The number of benzene rings is 2. The van der Waals surface area contributed by atoms with E-state index in [0.717, 1.165) is 44.0 Å². The van der Waals surface area contributed by atoms with Crippen LogP contribution >= 0.6 is 0 Å². The summed E-state index contributed by atoms with van der Waals surface area (Å²) in [5.41, 5.74) is 4.62. The number of aromatic nitrogens is 2. The van der Waals surface area contributed by atoms with Crippen LogP contribution in [0.15, 0.2) is 60.9 Å². The van der Waals surface area contributed by atoms with Crippen molar-refractivity contribution in [3.63, 3.8) is 0 Å². The summed E-state index contributed by atoms with van der Waals surface area (Å²) < 4.78 is 1.81. The van der Waals surface area contributed by atoms with Gasteiger partial charge in [0.25, 0.3) is 5.91 Å². The van der Waals surface area contributed by atoms with Crippen molar-refractivity contribution in [2.45, 2.75) is 13.5 Å². The van der Waals surface area contributed by atoms with Gasteiger partial charge in [-0.2, -0.15) is 10.4 Å². The molecular formula is C23H23N5O. The molecule has 1 fully saturated rings. The molecule has 1 aromatic heterocycles. The van der Waals surface area contributed by atoms with Gasteiger partial charge < -0.3 is 4.90 Å². The normalized spacial score (nSPS) is 14.6. The van der Waals surface area contributed by atoms with Gasteiger partial charge in [0.15, 0.2) is 0 Å². The van der Waals surface area contributed by atoms with E-state index >= 15 is 0 Å². The Bertz CT molecular complexity index is 1020. The lowest BCUT2D eigenvalue weighted by Crippen LogP contribution is -2.48. The number of piperazine rings is 1. The third-order valence-corrected chi connectivity index (χ3v) is 5.24. The van der Waals surface area contributed by atoms with Crippen LogP contribution in [0.2, 0.25) is 0 Å². The number of hydrogen-bond donors (Lipinski definition) is 0. The first-order valence-corrected chi connectivity index (χ1v) is 9.75. The summed E-state index contributed by atoms with van der Waals surface area (Å²) in [6.07, 6.45) is 3.78. The first-order valence-electron chi connectivity index (χ1n) is 9.75. The SMILES string of the molecule is Cc1cnn(-c2ccc(C(=O)N3CCN(Cc4ccc(C#N)cc4)CC3)cc2)c1. The second-order valence-corrected chi connectivity index (χ2v) is 7.39. The molecule has 0 spiro atoms. The van der Waals surface area contributed by atoms with Crippen molar-refractivity contribution < 1.29 is 4.79 Å². The Labute approximate surface area is 170 Å². The molecule has 0 atom stereocenters. The number of aryl methyl sites for hydroxylation is 1. The molecule has 6 heteroatoms. The highest BCUT2D eigenvalue weighted by Crippen LogP contribution is 2.15. The molecule has 6 nitrogen and oxygen atoms in total. The minimum absolute atomic E-state index is 0.0752. The van der Waals surface area contributed by atoms with E-state index in [0.29, 0.717) is 11.1 Å². The molecule has 0 unspecified atom stereocenters. The minimum Gasteiger partial charge on any atom is -0.336 e. The van der Waals surface area contributed by atoms with Crippen LogP contribution in [-0.4, -0.2) is 51.7 Å². The Hall–Kier alpha value is -3.43. The van der Waals surface area contributed by atoms with Crippen molar-refractivity contribution in [1.82, 2.24) is 19.6 Å². The maximum atomic E-state index is 12.8. The number of nitrogens with zero attached hydrogens (tertiary/aromatic N) is 5. The van der Waals surface area contributed by atoms with Crippen molar-refractivity contribution in [2.24, 2.45) is 0 Å². The molecule has 4 rings (SSSR count). The number of amides is 1. The van der Waals surface area contributed by atoms with E-state index in [9.17, 15) is 4.79 Å². The molecule has 0 radical (unpaired) electrons. The highest BCUT2D eigenvalue weighted by Gasteiger charge is 2.22. The molecule has 2 heterocycles. The fourth-order valence-electron chi connectivity index (χ4n) is 3.55. The predicted octanol–water partition coefficient (Wildman–Crippen LogP) is 3.01. The van der Waals surface area contributed by atoms with E-state index in [1.165, 1.54) is 5.56 Å². The second-order valence-electron chi connectivity index (χ2n) is 7.39. The maximum Gasteiger partial charge on any atom is 0.253 e. The van der Waals surface area contributed by atoms with Gasteiger partial charge in [0, 0.05) is 44.5 Å².